The van der Waals surface area contributed by atoms with Crippen molar-refractivity contribution in [3.05, 3.63) is 109 Å². The first kappa shape index (κ1) is 20.2. The molecule has 0 atom stereocenters. The maximum atomic E-state index is 14.8. The quantitative estimate of drug-likeness (QED) is 0.353. The average molecular weight is 471 g/mol. The molecule has 0 spiro atoms. The number of benzene rings is 4. The van der Waals surface area contributed by atoms with Crippen molar-refractivity contribution in [2.45, 2.75) is 5.79 Å². The molecule has 10 heteroatoms. The molecule has 0 aliphatic rings. The number of aromatic nitrogens is 9. The second-order valence-corrected chi connectivity index (χ2v) is 8.30. The average Bonchev–Trinajstić information content (AvgIpc) is 3.68. The largest absolute Gasteiger partial charge is 0.320 e. The Morgan fingerprint density at radius 1 is 0.500 bits per heavy atom. The fraction of sp³-hybridized carbons (Fsp3) is 0.0385. The molecule has 10 nitrogen and oxygen atoms in total. The summed E-state index contributed by atoms with van der Waals surface area (Å²) in [7, 11) is 0. The maximum absolute atomic E-state index is 14.8. The molecule has 0 aliphatic carbocycles. The highest BCUT2D eigenvalue weighted by atomic mass is 16.1. The van der Waals surface area contributed by atoms with Gasteiger partial charge in [0.25, 0.3) is 0 Å². The van der Waals surface area contributed by atoms with Gasteiger partial charge in [-0.1, -0.05) is 82.4 Å². The van der Waals surface area contributed by atoms with E-state index in [1.165, 1.54) is 0 Å². The Hall–Kier alpha value is -5.25. The van der Waals surface area contributed by atoms with Crippen LogP contribution in [0.25, 0.3) is 33.1 Å². The monoisotopic (exact) mass is 471 g/mol. The van der Waals surface area contributed by atoms with E-state index < -0.39 is 5.79 Å². The van der Waals surface area contributed by atoms with Crippen molar-refractivity contribution in [2.75, 3.05) is 0 Å². The van der Waals surface area contributed by atoms with Crippen LogP contribution in [0.15, 0.2) is 103 Å². The van der Waals surface area contributed by atoms with Crippen molar-refractivity contribution < 1.29 is 4.79 Å². The Bertz CT molecular complexity index is 1700. The summed E-state index contributed by atoms with van der Waals surface area (Å²) in [4.78, 5) is 14.8. The molecule has 7 rings (SSSR count). The molecule has 3 aromatic heterocycles. The van der Waals surface area contributed by atoms with Crippen molar-refractivity contribution in [2.24, 2.45) is 0 Å². The third-order valence-electron chi connectivity index (χ3n) is 6.28. The van der Waals surface area contributed by atoms with Crippen molar-refractivity contribution in [1.29, 1.82) is 0 Å². The summed E-state index contributed by atoms with van der Waals surface area (Å²) in [6, 6.07) is 31.4. The van der Waals surface area contributed by atoms with Crippen LogP contribution in [0.5, 0.6) is 0 Å². The first-order valence-corrected chi connectivity index (χ1v) is 11.3. The Labute approximate surface area is 203 Å². The van der Waals surface area contributed by atoms with Crippen LogP contribution >= 0.6 is 0 Å². The van der Waals surface area contributed by atoms with E-state index in [1.807, 2.05) is 91.0 Å². The molecule has 172 valence electrons. The number of carbonyl (C=O) groups excluding carboxylic acids is 1. The van der Waals surface area contributed by atoms with Crippen LogP contribution in [0.3, 0.4) is 0 Å². The van der Waals surface area contributed by atoms with Crippen LogP contribution in [0, 0.1) is 0 Å². The number of rotatable bonds is 5. The lowest BCUT2D eigenvalue weighted by molar-refractivity contribution is 0.0603. The van der Waals surface area contributed by atoms with E-state index in [2.05, 4.69) is 30.9 Å². The highest BCUT2D eigenvalue weighted by molar-refractivity contribution is 6.03. The lowest BCUT2D eigenvalue weighted by Crippen LogP contribution is -2.56. The number of nitrogens with zero attached hydrogens (tertiary/aromatic N) is 9. The van der Waals surface area contributed by atoms with Crippen molar-refractivity contribution in [3.63, 3.8) is 0 Å². The molecule has 3 heterocycles. The number of hydrogen-bond acceptors (Lipinski definition) is 7. The Kier molecular flexibility index (Phi) is 4.27. The van der Waals surface area contributed by atoms with Gasteiger partial charge in [0.15, 0.2) is 0 Å². The second-order valence-electron chi connectivity index (χ2n) is 8.30. The zero-order chi connectivity index (χ0) is 24.1. The highest BCUT2D eigenvalue weighted by Crippen LogP contribution is 2.33. The lowest BCUT2D eigenvalue weighted by atomic mass is 10.0. The molecule has 0 bridgehead atoms. The minimum Gasteiger partial charge on any atom is -0.287 e. The zero-order valence-corrected chi connectivity index (χ0v) is 18.7. The first-order chi connectivity index (χ1) is 17.8. The van der Waals surface area contributed by atoms with E-state index in [1.54, 1.807) is 26.2 Å². The Morgan fingerprint density at radius 2 is 0.861 bits per heavy atom. The third kappa shape index (κ3) is 2.69. The van der Waals surface area contributed by atoms with Crippen molar-refractivity contribution in [1.82, 2.24) is 45.0 Å². The molecule has 0 aliphatic heterocycles. The van der Waals surface area contributed by atoms with E-state index in [4.69, 9.17) is 0 Å². The molecule has 0 fully saturated rings. The summed E-state index contributed by atoms with van der Waals surface area (Å²) in [5.41, 5.74) is 4.18. The van der Waals surface area contributed by atoms with Gasteiger partial charge in [-0.15, -0.1) is 15.3 Å². The predicted octanol–water partition coefficient (Wildman–Crippen LogP) is 3.51. The zero-order valence-electron chi connectivity index (χ0n) is 18.7. The van der Waals surface area contributed by atoms with Crippen LogP contribution in [0.4, 0.5) is 0 Å². The van der Waals surface area contributed by atoms with Gasteiger partial charge in [-0.3, -0.25) is 4.79 Å². The lowest BCUT2D eigenvalue weighted by Gasteiger charge is -2.33. The topological polar surface area (TPSA) is 109 Å². The van der Waals surface area contributed by atoms with Gasteiger partial charge in [0.05, 0.1) is 16.6 Å². The first-order valence-electron chi connectivity index (χ1n) is 11.3. The third-order valence-corrected chi connectivity index (χ3v) is 6.28. The number of carbonyl (C=O) groups is 1. The minimum atomic E-state index is -1.79. The van der Waals surface area contributed by atoms with E-state index in [0.29, 0.717) is 38.7 Å². The second kappa shape index (κ2) is 7.64. The van der Waals surface area contributed by atoms with E-state index in [0.717, 1.165) is 0 Å². The van der Waals surface area contributed by atoms with E-state index >= 15 is 0 Å². The molecule has 0 radical (unpaired) electrons. The van der Waals surface area contributed by atoms with Gasteiger partial charge >= 0.3 is 5.79 Å². The van der Waals surface area contributed by atoms with Crippen LogP contribution < -0.4 is 0 Å². The number of Topliss-reactive ketones (excluding diaryl/α,β-unsaturated/α-hetero) is 1. The molecule has 0 saturated carbocycles. The highest BCUT2D eigenvalue weighted by Gasteiger charge is 2.51. The Balaban J connectivity index is 1.71. The summed E-state index contributed by atoms with van der Waals surface area (Å²) >= 11 is 0. The van der Waals surface area contributed by atoms with Gasteiger partial charge in [0, 0.05) is 5.56 Å². The predicted molar refractivity (Wildman–Crippen MR) is 132 cm³/mol. The molecule has 4 aromatic carbocycles. The van der Waals surface area contributed by atoms with Gasteiger partial charge in [-0.05, 0) is 36.4 Å². The molecule has 0 unspecified atom stereocenters. The molecule has 0 amide bonds. The molecule has 36 heavy (non-hydrogen) atoms. The summed E-state index contributed by atoms with van der Waals surface area (Å²) in [5, 5.41) is 26.7. The maximum Gasteiger partial charge on any atom is 0.320 e. The molecule has 0 N–H and O–H groups in total. The van der Waals surface area contributed by atoms with Crippen LogP contribution in [-0.2, 0) is 5.79 Å². The van der Waals surface area contributed by atoms with Crippen LogP contribution in [0.2, 0.25) is 0 Å². The number of fused-ring (bicyclic) bond motifs is 3. The Morgan fingerprint density at radius 3 is 1.28 bits per heavy atom. The summed E-state index contributed by atoms with van der Waals surface area (Å²) in [6.07, 6.45) is 0. The number of hydrogen-bond donors (Lipinski definition) is 0. The van der Waals surface area contributed by atoms with E-state index in [-0.39, 0.29) is 5.78 Å². The molecular weight excluding hydrogens is 454 g/mol. The standard InChI is InChI=1S/C26H17N9O/c36-25(18-10-2-1-3-11-18)26(33-22-15-7-4-12-19(22)27-30-33,34-23-16-8-5-13-20(23)28-31-34)35-24-17-9-6-14-21(24)29-32-35/h1-17H. The summed E-state index contributed by atoms with van der Waals surface area (Å²) in [5.74, 6) is -2.12. The van der Waals surface area contributed by atoms with Gasteiger partial charge in [0.2, 0.25) is 5.78 Å². The molecule has 7 aromatic rings. The van der Waals surface area contributed by atoms with Crippen LogP contribution in [-0.4, -0.2) is 50.8 Å². The van der Waals surface area contributed by atoms with Crippen molar-refractivity contribution >= 4 is 38.9 Å². The van der Waals surface area contributed by atoms with Gasteiger partial charge in [0.1, 0.15) is 16.6 Å². The van der Waals surface area contributed by atoms with Gasteiger partial charge in [-0.25, -0.2) is 0 Å². The van der Waals surface area contributed by atoms with E-state index in [9.17, 15) is 4.79 Å². The van der Waals surface area contributed by atoms with Crippen molar-refractivity contribution in [3.8, 4) is 0 Å². The smallest absolute Gasteiger partial charge is 0.287 e. The van der Waals surface area contributed by atoms with Gasteiger partial charge in [-0.2, -0.15) is 14.0 Å². The molecular formula is C26H17N9O. The number of ketones is 1. The normalized spacial score (nSPS) is 12.0. The van der Waals surface area contributed by atoms with Gasteiger partial charge < -0.3 is 0 Å². The fourth-order valence-corrected chi connectivity index (χ4v) is 4.64. The molecule has 0 saturated heterocycles. The SMILES string of the molecule is O=C(c1ccccc1)C(n1nnc2ccccc21)(n1nnc2ccccc21)n1nnc2ccccc21. The van der Waals surface area contributed by atoms with Crippen LogP contribution in [0.1, 0.15) is 10.4 Å². The fourth-order valence-electron chi connectivity index (χ4n) is 4.64. The summed E-state index contributed by atoms with van der Waals surface area (Å²) < 4.78 is 4.67. The minimum absolute atomic E-state index is 0.329. The number of para-hydroxylation sites is 3. The summed E-state index contributed by atoms with van der Waals surface area (Å²) in [6.45, 7) is 0.